The van der Waals surface area contributed by atoms with Gasteiger partial charge in [0, 0.05) is 18.7 Å². The fourth-order valence-corrected chi connectivity index (χ4v) is 2.62. The molecule has 0 N–H and O–H groups in total. The first-order chi connectivity index (χ1) is 10.8. The van der Waals surface area contributed by atoms with E-state index in [1.165, 1.54) is 5.56 Å². The van der Waals surface area contributed by atoms with Gasteiger partial charge >= 0.3 is 0 Å². The summed E-state index contributed by atoms with van der Waals surface area (Å²) in [6.07, 6.45) is 6.76. The van der Waals surface area contributed by atoms with Crippen molar-refractivity contribution < 1.29 is 4.79 Å². The molecule has 1 saturated heterocycles. The van der Waals surface area contributed by atoms with E-state index in [9.17, 15) is 4.79 Å². The van der Waals surface area contributed by atoms with E-state index in [1.54, 1.807) is 0 Å². The van der Waals surface area contributed by atoms with Crippen molar-refractivity contribution >= 4 is 12.0 Å². The number of carbonyl (C=O) groups is 1. The normalized spacial score (nSPS) is 16.8. The van der Waals surface area contributed by atoms with Gasteiger partial charge in [-0.05, 0) is 17.5 Å². The summed E-state index contributed by atoms with van der Waals surface area (Å²) < 4.78 is 0. The van der Waals surface area contributed by atoms with Gasteiger partial charge in [-0.25, -0.2) is 0 Å². The van der Waals surface area contributed by atoms with Crippen LogP contribution in [0.2, 0.25) is 0 Å². The molecule has 110 valence electrons. The summed E-state index contributed by atoms with van der Waals surface area (Å²) in [6.45, 7) is 1.50. The quantitative estimate of drug-likeness (QED) is 0.777. The van der Waals surface area contributed by atoms with Gasteiger partial charge in [0.05, 0.1) is 0 Å². The number of likely N-dealkylation sites (tertiary alicyclic amines) is 1. The highest BCUT2D eigenvalue weighted by atomic mass is 16.2. The molecule has 2 aromatic rings. The summed E-state index contributed by atoms with van der Waals surface area (Å²) in [4.78, 5) is 14.3. The minimum absolute atomic E-state index is 0.154. The molecule has 2 heteroatoms. The molecule has 2 aromatic carbocycles. The number of hydrogen-bond donors (Lipinski definition) is 0. The zero-order valence-electron chi connectivity index (χ0n) is 12.5. The highest BCUT2D eigenvalue weighted by Gasteiger charge is 2.24. The second-order valence-corrected chi connectivity index (χ2v) is 5.42. The molecular weight excluding hydrogens is 270 g/mol. The molecule has 1 aliphatic heterocycles. The predicted octanol–water partition coefficient (Wildman–Crippen LogP) is 4.06. The maximum absolute atomic E-state index is 12.4. The monoisotopic (exact) mass is 289 g/mol. The van der Waals surface area contributed by atoms with E-state index in [1.807, 2.05) is 71.7 Å². The summed E-state index contributed by atoms with van der Waals surface area (Å²) in [5, 5.41) is 0. The Balaban J connectivity index is 1.63. The van der Waals surface area contributed by atoms with Crippen molar-refractivity contribution in [2.24, 2.45) is 0 Å². The SMILES string of the molecule is O=C1/C(=C/C=C/c2ccccc2)CCN1Cc1ccccc1. The van der Waals surface area contributed by atoms with Crippen LogP contribution < -0.4 is 0 Å². The molecule has 0 radical (unpaired) electrons. The molecule has 1 fully saturated rings. The molecule has 0 bridgehead atoms. The number of benzene rings is 2. The third kappa shape index (κ3) is 3.53. The van der Waals surface area contributed by atoms with E-state index in [0.717, 1.165) is 24.1 Å². The zero-order chi connectivity index (χ0) is 15.2. The molecule has 1 aliphatic rings. The molecule has 1 heterocycles. The van der Waals surface area contributed by atoms with Crippen LogP contribution in [0.15, 0.2) is 78.4 Å². The summed E-state index contributed by atoms with van der Waals surface area (Å²) in [7, 11) is 0. The van der Waals surface area contributed by atoms with Crippen LogP contribution in [0.1, 0.15) is 17.5 Å². The number of rotatable bonds is 4. The smallest absolute Gasteiger partial charge is 0.250 e. The fraction of sp³-hybridized carbons (Fsp3) is 0.150. The van der Waals surface area contributed by atoms with Crippen LogP contribution in [0, 0.1) is 0 Å². The standard InChI is InChI=1S/C20H19NO/c22-20-19(13-7-12-17-8-3-1-4-9-17)14-15-21(20)16-18-10-5-2-6-11-18/h1-13H,14-16H2/b12-7+,19-13+. The maximum atomic E-state index is 12.4. The Kier molecular flexibility index (Phi) is 4.50. The zero-order valence-corrected chi connectivity index (χ0v) is 12.5. The van der Waals surface area contributed by atoms with E-state index in [4.69, 9.17) is 0 Å². The van der Waals surface area contributed by atoms with E-state index < -0.39 is 0 Å². The maximum Gasteiger partial charge on any atom is 0.250 e. The van der Waals surface area contributed by atoms with Gasteiger partial charge in [0.15, 0.2) is 0 Å². The number of nitrogens with zero attached hydrogens (tertiary/aromatic N) is 1. The van der Waals surface area contributed by atoms with Crippen molar-refractivity contribution in [1.82, 2.24) is 4.90 Å². The van der Waals surface area contributed by atoms with Crippen LogP contribution in [-0.4, -0.2) is 17.4 Å². The molecule has 0 saturated carbocycles. The van der Waals surface area contributed by atoms with Gasteiger partial charge < -0.3 is 4.90 Å². The van der Waals surface area contributed by atoms with Crippen molar-refractivity contribution in [3.63, 3.8) is 0 Å². The highest BCUT2D eigenvalue weighted by molar-refractivity contribution is 5.96. The van der Waals surface area contributed by atoms with Crippen LogP contribution >= 0.6 is 0 Å². The van der Waals surface area contributed by atoms with E-state index in [-0.39, 0.29) is 5.91 Å². The van der Waals surface area contributed by atoms with Crippen molar-refractivity contribution in [3.8, 4) is 0 Å². The van der Waals surface area contributed by atoms with Gasteiger partial charge in [0.1, 0.15) is 0 Å². The topological polar surface area (TPSA) is 20.3 Å². The third-order valence-corrected chi connectivity index (χ3v) is 3.81. The molecule has 3 rings (SSSR count). The second kappa shape index (κ2) is 6.90. The Bertz CT molecular complexity index is 686. The molecule has 0 spiro atoms. The Labute approximate surface area is 131 Å². The lowest BCUT2D eigenvalue weighted by Crippen LogP contribution is -2.24. The predicted molar refractivity (Wildman–Crippen MR) is 90.0 cm³/mol. The van der Waals surface area contributed by atoms with Crippen LogP contribution in [0.5, 0.6) is 0 Å². The van der Waals surface area contributed by atoms with Gasteiger partial charge in [0.2, 0.25) is 5.91 Å². The molecule has 0 unspecified atom stereocenters. The minimum Gasteiger partial charge on any atom is -0.334 e. The first-order valence-electron chi connectivity index (χ1n) is 7.58. The van der Waals surface area contributed by atoms with Crippen LogP contribution in [0.3, 0.4) is 0 Å². The van der Waals surface area contributed by atoms with Crippen LogP contribution in [0.25, 0.3) is 6.08 Å². The van der Waals surface area contributed by atoms with Gasteiger partial charge in [-0.15, -0.1) is 0 Å². The highest BCUT2D eigenvalue weighted by Crippen LogP contribution is 2.19. The van der Waals surface area contributed by atoms with Gasteiger partial charge in [0.25, 0.3) is 0 Å². The van der Waals surface area contributed by atoms with Crippen LogP contribution in [-0.2, 0) is 11.3 Å². The first-order valence-corrected chi connectivity index (χ1v) is 7.58. The molecule has 0 aliphatic carbocycles. The van der Waals surface area contributed by atoms with E-state index in [2.05, 4.69) is 12.1 Å². The molecule has 0 aromatic heterocycles. The summed E-state index contributed by atoms with van der Waals surface area (Å²) >= 11 is 0. The van der Waals surface area contributed by atoms with Crippen LogP contribution in [0.4, 0.5) is 0 Å². The number of carbonyl (C=O) groups excluding carboxylic acids is 1. The van der Waals surface area contributed by atoms with Crippen molar-refractivity contribution in [2.45, 2.75) is 13.0 Å². The van der Waals surface area contributed by atoms with Gasteiger partial charge in [-0.3, -0.25) is 4.79 Å². The minimum atomic E-state index is 0.154. The lowest BCUT2D eigenvalue weighted by Gasteiger charge is -2.14. The Morgan fingerprint density at radius 1 is 0.955 bits per heavy atom. The summed E-state index contributed by atoms with van der Waals surface area (Å²) in [6, 6.07) is 20.2. The fourth-order valence-electron chi connectivity index (χ4n) is 2.62. The Morgan fingerprint density at radius 2 is 1.64 bits per heavy atom. The lowest BCUT2D eigenvalue weighted by molar-refractivity contribution is -0.125. The van der Waals surface area contributed by atoms with E-state index >= 15 is 0 Å². The lowest BCUT2D eigenvalue weighted by atomic mass is 10.1. The molecule has 1 amide bonds. The number of amides is 1. The average molecular weight is 289 g/mol. The number of hydrogen-bond acceptors (Lipinski definition) is 1. The summed E-state index contributed by atoms with van der Waals surface area (Å²) in [5.74, 6) is 0.154. The van der Waals surface area contributed by atoms with Crippen molar-refractivity contribution in [2.75, 3.05) is 6.54 Å². The third-order valence-electron chi connectivity index (χ3n) is 3.81. The van der Waals surface area contributed by atoms with Crippen molar-refractivity contribution in [1.29, 1.82) is 0 Å². The van der Waals surface area contributed by atoms with Crippen molar-refractivity contribution in [3.05, 3.63) is 89.5 Å². The van der Waals surface area contributed by atoms with E-state index in [0.29, 0.717) is 6.54 Å². The van der Waals surface area contributed by atoms with Gasteiger partial charge in [-0.2, -0.15) is 0 Å². The average Bonchev–Trinajstić information content (AvgIpc) is 2.90. The molecule has 22 heavy (non-hydrogen) atoms. The molecular formula is C20H19NO. The number of allylic oxidation sites excluding steroid dienone is 2. The molecule has 2 nitrogen and oxygen atoms in total. The first kappa shape index (κ1) is 14.3. The second-order valence-electron chi connectivity index (χ2n) is 5.42. The largest absolute Gasteiger partial charge is 0.334 e. The molecule has 0 atom stereocenters. The Morgan fingerprint density at radius 3 is 2.36 bits per heavy atom. The Hall–Kier alpha value is -2.61. The summed E-state index contributed by atoms with van der Waals surface area (Å²) in [5.41, 5.74) is 3.21. The van der Waals surface area contributed by atoms with Gasteiger partial charge in [-0.1, -0.05) is 78.9 Å².